The molecular formula is C17H19ClFN3OS. The van der Waals surface area contributed by atoms with E-state index in [-0.39, 0.29) is 18.2 Å². The fourth-order valence-corrected chi connectivity index (χ4v) is 3.28. The summed E-state index contributed by atoms with van der Waals surface area (Å²) in [6, 6.07) is 8.81. The van der Waals surface area contributed by atoms with Crippen LogP contribution in [-0.4, -0.2) is 23.2 Å². The standard InChI is InChI=1S/C17H18FN3OS.ClH/c1-10(19-3)8-16-20-17(22-21-16)15-9-14(11(2)23-15)12-4-6-13(18)7-5-12;/h4-7,9-10,19H,8H2,1-3H3;1H. The molecule has 128 valence electrons. The van der Waals surface area contributed by atoms with Gasteiger partial charge in [-0.25, -0.2) is 4.39 Å². The van der Waals surface area contributed by atoms with Gasteiger partial charge in [-0.15, -0.1) is 23.7 Å². The summed E-state index contributed by atoms with van der Waals surface area (Å²) in [6.07, 6.45) is 0.717. The molecule has 7 heteroatoms. The second-order valence-electron chi connectivity index (χ2n) is 5.50. The van der Waals surface area contributed by atoms with Crippen molar-refractivity contribution in [3.05, 3.63) is 46.9 Å². The molecule has 0 fully saturated rings. The summed E-state index contributed by atoms with van der Waals surface area (Å²) in [5, 5.41) is 7.19. The number of benzene rings is 1. The van der Waals surface area contributed by atoms with Gasteiger partial charge in [0.05, 0.1) is 4.88 Å². The minimum absolute atomic E-state index is 0. The molecule has 0 radical (unpaired) electrons. The van der Waals surface area contributed by atoms with Crippen molar-refractivity contribution < 1.29 is 8.91 Å². The van der Waals surface area contributed by atoms with Crippen LogP contribution in [0.4, 0.5) is 4.39 Å². The summed E-state index contributed by atoms with van der Waals surface area (Å²) in [5.41, 5.74) is 2.04. The smallest absolute Gasteiger partial charge is 0.268 e. The van der Waals surface area contributed by atoms with E-state index in [4.69, 9.17) is 4.52 Å². The van der Waals surface area contributed by atoms with Crippen LogP contribution in [0.1, 0.15) is 17.6 Å². The lowest BCUT2D eigenvalue weighted by Crippen LogP contribution is -2.24. The van der Waals surface area contributed by atoms with Gasteiger partial charge in [-0.1, -0.05) is 17.3 Å². The largest absolute Gasteiger partial charge is 0.333 e. The summed E-state index contributed by atoms with van der Waals surface area (Å²) in [7, 11) is 1.91. The lowest BCUT2D eigenvalue weighted by molar-refractivity contribution is 0.419. The van der Waals surface area contributed by atoms with Gasteiger partial charge in [0, 0.05) is 17.3 Å². The zero-order chi connectivity index (χ0) is 16.4. The number of rotatable bonds is 5. The molecule has 0 saturated carbocycles. The zero-order valence-electron chi connectivity index (χ0n) is 13.7. The number of nitrogens with zero attached hydrogens (tertiary/aromatic N) is 2. The predicted octanol–water partition coefficient (Wildman–Crippen LogP) is 4.48. The average molecular weight is 368 g/mol. The second kappa shape index (κ2) is 7.88. The second-order valence-corrected chi connectivity index (χ2v) is 6.75. The number of thiophene rings is 1. The van der Waals surface area contributed by atoms with Gasteiger partial charge in [0.2, 0.25) is 0 Å². The molecule has 24 heavy (non-hydrogen) atoms. The number of halogens is 2. The van der Waals surface area contributed by atoms with Crippen LogP contribution in [0.2, 0.25) is 0 Å². The van der Waals surface area contributed by atoms with E-state index >= 15 is 0 Å². The monoisotopic (exact) mass is 367 g/mol. The van der Waals surface area contributed by atoms with Gasteiger partial charge < -0.3 is 9.84 Å². The molecule has 4 nitrogen and oxygen atoms in total. The molecule has 1 N–H and O–H groups in total. The molecule has 1 unspecified atom stereocenters. The normalized spacial score (nSPS) is 12.0. The topological polar surface area (TPSA) is 51.0 Å². The van der Waals surface area contributed by atoms with Gasteiger partial charge in [0.25, 0.3) is 5.89 Å². The zero-order valence-corrected chi connectivity index (χ0v) is 15.3. The molecule has 0 aliphatic rings. The minimum Gasteiger partial charge on any atom is -0.333 e. The predicted molar refractivity (Wildman–Crippen MR) is 97.2 cm³/mol. The van der Waals surface area contributed by atoms with E-state index < -0.39 is 0 Å². The third-order valence-corrected chi connectivity index (χ3v) is 4.77. The number of hydrogen-bond donors (Lipinski definition) is 1. The van der Waals surface area contributed by atoms with E-state index in [2.05, 4.69) is 22.4 Å². The van der Waals surface area contributed by atoms with E-state index in [1.54, 1.807) is 23.5 Å². The van der Waals surface area contributed by atoms with Crippen molar-refractivity contribution in [3.63, 3.8) is 0 Å². The molecule has 0 bridgehead atoms. The van der Waals surface area contributed by atoms with Crippen LogP contribution < -0.4 is 5.32 Å². The number of nitrogens with one attached hydrogen (secondary N) is 1. The minimum atomic E-state index is -0.234. The third-order valence-electron chi connectivity index (χ3n) is 3.73. The van der Waals surface area contributed by atoms with Gasteiger partial charge in [0.15, 0.2) is 5.82 Å². The Labute approximate surface area is 150 Å². The van der Waals surface area contributed by atoms with Gasteiger partial charge in [-0.2, -0.15) is 4.98 Å². The molecule has 1 atom stereocenters. The first kappa shape index (κ1) is 18.6. The van der Waals surface area contributed by atoms with E-state index in [1.165, 1.54) is 12.1 Å². The molecule has 2 heterocycles. The first-order valence-electron chi connectivity index (χ1n) is 7.43. The average Bonchev–Trinajstić information content (AvgIpc) is 3.15. The molecule has 0 aliphatic heterocycles. The lowest BCUT2D eigenvalue weighted by Gasteiger charge is -2.04. The third kappa shape index (κ3) is 4.01. The summed E-state index contributed by atoms with van der Waals surface area (Å²) in [5.74, 6) is 0.989. The Hall–Kier alpha value is -1.76. The van der Waals surface area contributed by atoms with Crippen LogP contribution in [0.25, 0.3) is 21.9 Å². The lowest BCUT2D eigenvalue weighted by atomic mass is 10.1. The van der Waals surface area contributed by atoms with Gasteiger partial charge in [-0.3, -0.25) is 0 Å². The Balaban J connectivity index is 0.00000208. The van der Waals surface area contributed by atoms with Crippen LogP contribution in [0, 0.1) is 12.7 Å². The van der Waals surface area contributed by atoms with E-state index in [0.29, 0.717) is 17.8 Å². The molecule has 1 aromatic carbocycles. The maximum absolute atomic E-state index is 13.1. The van der Waals surface area contributed by atoms with Gasteiger partial charge in [0.1, 0.15) is 5.82 Å². The van der Waals surface area contributed by atoms with Crippen LogP contribution in [-0.2, 0) is 6.42 Å². The highest BCUT2D eigenvalue weighted by molar-refractivity contribution is 7.15. The maximum atomic E-state index is 13.1. The number of aryl methyl sites for hydroxylation is 1. The molecule has 2 aromatic heterocycles. The van der Waals surface area contributed by atoms with Gasteiger partial charge >= 0.3 is 0 Å². The number of aromatic nitrogens is 2. The summed E-state index contributed by atoms with van der Waals surface area (Å²) >= 11 is 1.60. The highest BCUT2D eigenvalue weighted by atomic mass is 35.5. The van der Waals surface area contributed by atoms with Crippen molar-refractivity contribution in [2.75, 3.05) is 7.05 Å². The highest BCUT2D eigenvalue weighted by Gasteiger charge is 2.15. The summed E-state index contributed by atoms with van der Waals surface area (Å²) in [4.78, 5) is 6.53. The molecule has 0 amide bonds. The van der Waals surface area contributed by atoms with Crippen molar-refractivity contribution in [1.29, 1.82) is 0 Å². The molecule has 3 aromatic rings. The Kier molecular flexibility index (Phi) is 6.10. The van der Waals surface area contributed by atoms with Crippen LogP contribution in [0.15, 0.2) is 34.9 Å². The fraction of sp³-hybridized carbons (Fsp3) is 0.294. The van der Waals surface area contributed by atoms with E-state index in [0.717, 1.165) is 27.3 Å². The first-order valence-corrected chi connectivity index (χ1v) is 8.25. The number of likely N-dealkylation sites (N-methyl/N-ethyl adjacent to an activating group) is 1. The maximum Gasteiger partial charge on any atom is 0.268 e. The Morgan fingerprint density at radius 3 is 2.67 bits per heavy atom. The van der Waals surface area contributed by atoms with Crippen molar-refractivity contribution in [1.82, 2.24) is 15.5 Å². The highest BCUT2D eigenvalue weighted by Crippen LogP contribution is 2.36. The molecule has 0 spiro atoms. The number of hydrogen-bond acceptors (Lipinski definition) is 5. The molecule has 3 rings (SSSR count). The van der Waals surface area contributed by atoms with Crippen LogP contribution in [0.5, 0.6) is 0 Å². The summed E-state index contributed by atoms with van der Waals surface area (Å²) in [6.45, 7) is 4.10. The van der Waals surface area contributed by atoms with Crippen molar-refractivity contribution >= 4 is 23.7 Å². The Morgan fingerprint density at radius 2 is 2.00 bits per heavy atom. The fourth-order valence-electron chi connectivity index (χ4n) is 2.32. The SMILES string of the molecule is CNC(C)Cc1noc(-c2cc(-c3ccc(F)cc3)c(C)s2)n1.Cl. The summed E-state index contributed by atoms with van der Waals surface area (Å²) < 4.78 is 18.5. The van der Waals surface area contributed by atoms with Crippen molar-refractivity contribution in [2.45, 2.75) is 26.3 Å². The van der Waals surface area contributed by atoms with Crippen molar-refractivity contribution in [3.8, 4) is 21.9 Å². The molecule has 0 saturated heterocycles. The van der Waals surface area contributed by atoms with Crippen molar-refractivity contribution in [2.24, 2.45) is 0 Å². The molecule has 0 aliphatic carbocycles. The van der Waals surface area contributed by atoms with Gasteiger partial charge in [-0.05, 0) is 50.2 Å². The van der Waals surface area contributed by atoms with E-state index in [1.807, 2.05) is 20.0 Å². The first-order chi connectivity index (χ1) is 11.1. The Morgan fingerprint density at radius 1 is 1.29 bits per heavy atom. The van der Waals surface area contributed by atoms with Crippen LogP contribution in [0.3, 0.4) is 0 Å². The quantitative estimate of drug-likeness (QED) is 0.722. The Bertz CT molecular complexity index is 801. The molecular weight excluding hydrogens is 349 g/mol. The van der Waals surface area contributed by atoms with Crippen LogP contribution >= 0.6 is 23.7 Å². The van der Waals surface area contributed by atoms with E-state index in [9.17, 15) is 4.39 Å².